The zero-order valence-electron chi connectivity index (χ0n) is 14.3. The van der Waals surface area contributed by atoms with E-state index in [1.807, 2.05) is 0 Å². The van der Waals surface area contributed by atoms with Crippen LogP contribution in [0.25, 0.3) is 11.4 Å². The minimum Gasteiger partial charge on any atom is -0.379 e. The Morgan fingerprint density at radius 1 is 1.26 bits per heavy atom. The van der Waals surface area contributed by atoms with Crippen LogP contribution in [0, 0.1) is 10.1 Å². The number of aromatic nitrogens is 2. The smallest absolute Gasteiger partial charge is 0.293 e. The van der Waals surface area contributed by atoms with E-state index in [1.54, 1.807) is 30.3 Å². The molecule has 27 heavy (non-hydrogen) atoms. The largest absolute Gasteiger partial charge is 0.379 e. The molecule has 0 aliphatic heterocycles. The second kappa shape index (κ2) is 7.96. The minimum absolute atomic E-state index is 0.157. The molecule has 0 aliphatic rings. The van der Waals surface area contributed by atoms with Gasteiger partial charge < -0.3 is 9.84 Å². The lowest BCUT2D eigenvalue weighted by Crippen LogP contribution is -2.08. The van der Waals surface area contributed by atoms with Crippen LogP contribution in [-0.4, -0.2) is 27.4 Å². The van der Waals surface area contributed by atoms with Crippen LogP contribution in [0.5, 0.6) is 0 Å². The van der Waals surface area contributed by atoms with Gasteiger partial charge in [-0.1, -0.05) is 16.8 Å². The number of hydrogen-bond acceptors (Lipinski definition) is 7. The van der Waals surface area contributed by atoms with Crippen LogP contribution in [0.1, 0.15) is 23.2 Å². The SMILES string of the molecule is CC(=O)c1ccc(NCCc2nc(-c3ccc(Cl)cc3)no2)c([N+](=O)[O-])c1. The second-order valence-electron chi connectivity index (χ2n) is 5.74. The summed E-state index contributed by atoms with van der Waals surface area (Å²) < 4.78 is 5.20. The van der Waals surface area contributed by atoms with Crippen LogP contribution >= 0.6 is 11.6 Å². The molecule has 8 nitrogen and oxygen atoms in total. The molecular weight excluding hydrogens is 372 g/mol. The van der Waals surface area contributed by atoms with Crippen molar-refractivity contribution >= 4 is 28.8 Å². The number of carbonyl (C=O) groups is 1. The van der Waals surface area contributed by atoms with E-state index in [-0.39, 0.29) is 17.0 Å². The van der Waals surface area contributed by atoms with Crippen molar-refractivity contribution in [1.82, 2.24) is 10.1 Å². The maximum atomic E-state index is 11.4. The molecule has 0 unspecified atom stereocenters. The van der Waals surface area contributed by atoms with E-state index < -0.39 is 4.92 Å². The van der Waals surface area contributed by atoms with Crippen LogP contribution < -0.4 is 5.32 Å². The first kappa shape index (κ1) is 18.5. The molecule has 9 heteroatoms. The van der Waals surface area contributed by atoms with Crippen molar-refractivity contribution in [3.63, 3.8) is 0 Å². The number of carbonyl (C=O) groups excluding carboxylic acids is 1. The number of rotatable bonds is 7. The Balaban J connectivity index is 1.66. The van der Waals surface area contributed by atoms with E-state index in [2.05, 4.69) is 15.5 Å². The molecule has 1 N–H and O–H groups in total. The molecule has 0 saturated heterocycles. The summed E-state index contributed by atoms with van der Waals surface area (Å²) in [5.41, 5.74) is 1.23. The van der Waals surface area contributed by atoms with Crippen LogP contribution in [0.15, 0.2) is 47.0 Å². The first-order valence-electron chi connectivity index (χ1n) is 8.06. The highest BCUT2D eigenvalue weighted by Gasteiger charge is 2.16. The molecule has 0 spiro atoms. The van der Waals surface area contributed by atoms with Gasteiger partial charge in [-0.15, -0.1) is 0 Å². The zero-order valence-corrected chi connectivity index (χ0v) is 15.1. The molecule has 1 aromatic heterocycles. The average molecular weight is 387 g/mol. The Bertz CT molecular complexity index is 985. The molecule has 0 bridgehead atoms. The number of Topliss-reactive ketones (excluding diaryl/α,β-unsaturated/α-hetero) is 1. The Kier molecular flexibility index (Phi) is 5.46. The van der Waals surface area contributed by atoms with E-state index in [4.69, 9.17) is 16.1 Å². The van der Waals surface area contributed by atoms with Crippen LogP contribution in [-0.2, 0) is 6.42 Å². The first-order valence-corrected chi connectivity index (χ1v) is 8.43. The summed E-state index contributed by atoms with van der Waals surface area (Å²) in [6, 6.07) is 11.4. The summed E-state index contributed by atoms with van der Waals surface area (Å²) in [7, 11) is 0. The molecule has 3 aromatic rings. The monoisotopic (exact) mass is 386 g/mol. The lowest BCUT2D eigenvalue weighted by Gasteiger charge is -2.06. The van der Waals surface area contributed by atoms with Crippen LogP contribution in [0.3, 0.4) is 0 Å². The van der Waals surface area contributed by atoms with Gasteiger partial charge in [0.05, 0.1) is 4.92 Å². The Morgan fingerprint density at radius 3 is 2.67 bits per heavy atom. The summed E-state index contributed by atoms with van der Waals surface area (Å²) in [6.45, 7) is 1.71. The summed E-state index contributed by atoms with van der Waals surface area (Å²) in [5, 5.41) is 18.7. The molecule has 0 fully saturated rings. The molecule has 0 amide bonds. The summed E-state index contributed by atoms with van der Waals surface area (Å²) in [5.74, 6) is 0.610. The average Bonchev–Trinajstić information content (AvgIpc) is 3.11. The molecule has 0 saturated carbocycles. The van der Waals surface area contributed by atoms with Gasteiger partial charge in [0.15, 0.2) is 5.78 Å². The number of nitro groups is 1. The van der Waals surface area contributed by atoms with E-state index in [1.165, 1.54) is 19.1 Å². The minimum atomic E-state index is -0.528. The van der Waals surface area contributed by atoms with Crippen molar-refractivity contribution in [1.29, 1.82) is 0 Å². The van der Waals surface area contributed by atoms with Gasteiger partial charge in [-0.05, 0) is 43.3 Å². The van der Waals surface area contributed by atoms with E-state index in [0.717, 1.165) is 5.56 Å². The molecule has 0 atom stereocenters. The van der Waals surface area contributed by atoms with Gasteiger partial charge in [0.1, 0.15) is 5.69 Å². The first-order chi connectivity index (χ1) is 12.9. The third kappa shape index (κ3) is 4.48. The zero-order chi connectivity index (χ0) is 19.4. The van der Waals surface area contributed by atoms with Crippen LogP contribution in [0.2, 0.25) is 5.02 Å². The van der Waals surface area contributed by atoms with Crippen molar-refractivity contribution in [2.45, 2.75) is 13.3 Å². The Hall–Kier alpha value is -3.26. The van der Waals surface area contributed by atoms with Gasteiger partial charge in [-0.3, -0.25) is 14.9 Å². The number of hydrogen-bond donors (Lipinski definition) is 1. The Labute approximate surface area is 159 Å². The summed E-state index contributed by atoms with van der Waals surface area (Å²) in [4.78, 5) is 26.4. The third-order valence-corrected chi connectivity index (χ3v) is 4.08. The predicted octanol–water partition coefficient (Wildman–Crippen LogP) is 4.16. The number of nitrogens with one attached hydrogen (secondary N) is 1. The predicted molar refractivity (Wildman–Crippen MR) is 100 cm³/mol. The van der Waals surface area contributed by atoms with Crippen molar-refractivity contribution in [3.8, 4) is 11.4 Å². The Morgan fingerprint density at radius 2 is 2.00 bits per heavy atom. The standard InChI is InChI=1S/C18H15ClN4O4/c1-11(24)13-4-7-15(16(10-13)23(25)26)20-9-8-17-21-18(22-27-17)12-2-5-14(19)6-3-12/h2-7,10,20H,8-9H2,1H3. The second-order valence-corrected chi connectivity index (χ2v) is 6.18. The fraction of sp³-hybridized carbons (Fsp3) is 0.167. The number of anilines is 1. The lowest BCUT2D eigenvalue weighted by molar-refractivity contribution is -0.384. The van der Waals surface area contributed by atoms with Gasteiger partial charge in [0.2, 0.25) is 11.7 Å². The number of benzene rings is 2. The van der Waals surface area contributed by atoms with Gasteiger partial charge in [-0.2, -0.15) is 4.98 Å². The van der Waals surface area contributed by atoms with E-state index in [9.17, 15) is 14.9 Å². The van der Waals surface area contributed by atoms with Gasteiger partial charge in [0, 0.05) is 35.2 Å². The third-order valence-electron chi connectivity index (χ3n) is 3.83. The number of ketones is 1. The van der Waals surface area contributed by atoms with Gasteiger partial charge in [0.25, 0.3) is 5.69 Å². The van der Waals surface area contributed by atoms with Crippen molar-refractivity contribution in [2.75, 3.05) is 11.9 Å². The number of halogens is 1. The molecule has 1 heterocycles. The van der Waals surface area contributed by atoms with Gasteiger partial charge in [-0.25, -0.2) is 0 Å². The maximum Gasteiger partial charge on any atom is 0.293 e. The quantitative estimate of drug-likeness (QED) is 0.368. The highest BCUT2D eigenvalue weighted by Crippen LogP contribution is 2.26. The number of nitrogens with zero attached hydrogens (tertiary/aromatic N) is 3. The molecule has 2 aromatic carbocycles. The van der Waals surface area contributed by atoms with Gasteiger partial charge >= 0.3 is 0 Å². The van der Waals surface area contributed by atoms with Crippen LogP contribution in [0.4, 0.5) is 11.4 Å². The highest BCUT2D eigenvalue weighted by atomic mass is 35.5. The molecule has 0 radical (unpaired) electrons. The highest BCUT2D eigenvalue weighted by molar-refractivity contribution is 6.30. The molecule has 3 rings (SSSR count). The molecule has 0 aliphatic carbocycles. The van der Waals surface area contributed by atoms with Crippen molar-refractivity contribution in [3.05, 3.63) is 69.1 Å². The van der Waals surface area contributed by atoms with Crippen molar-refractivity contribution in [2.24, 2.45) is 0 Å². The van der Waals surface area contributed by atoms with E-state index in [0.29, 0.717) is 35.4 Å². The van der Waals surface area contributed by atoms with E-state index >= 15 is 0 Å². The lowest BCUT2D eigenvalue weighted by atomic mass is 10.1. The topological polar surface area (TPSA) is 111 Å². The molecular formula is C18H15ClN4O4. The fourth-order valence-electron chi connectivity index (χ4n) is 2.43. The summed E-state index contributed by atoms with van der Waals surface area (Å²) >= 11 is 5.85. The maximum absolute atomic E-state index is 11.4. The summed E-state index contributed by atoms with van der Waals surface area (Å²) in [6.07, 6.45) is 0.381. The van der Waals surface area contributed by atoms with Crippen molar-refractivity contribution < 1.29 is 14.2 Å². The fourth-order valence-corrected chi connectivity index (χ4v) is 2.55. The number of nitro benzene ring substituents is 1. The normalized spacial score (nSPS) is 10.6. The molecule has 138 valence electrons.